The zero-order valence-electron chi connectivity index (χ0n) is 20.3. The second kappa shape index (κ2) is 9.73. The van der Waals surface area contributed by atoms with Crippen molar-refractivity contribution in [2.75, 3.05) is 25.1 Å². The van der Waals surface area contributed by atoms with Crippen molar-refractivity contribution in [1.82, 2.24) is 14.9 Å². The zero-order valence-corrected chi connectivity index (χ0v) is 20.3. The molecule has 0 radical (unpaired) electrons. The zero-order chi connectivity index (χ0) is 27.1. The lowest BCUT2D eigenvalue weighted by molar-refractivity contribution is -0.153. The summed E-state index contributed by atoms with van der Waals surface area (Å²) in [6, 6.07) is 3.43. The largest absolute Gasteiger partial charge is 0.408 e. The summed E-state index contributed by atoms with van der Waals surface area (Å²) >= 11 is 0. The Labute approximate surface area is 208 Å². The molecule has 0 aliphatic carbocycles. The van der Waals surface area contributed by atoms with E-state index in [1.54, 1.807) is 13.2 Å². The van der Waals surface area contributed by atoms with Crippen molar-refractivity contribution in [1.29, 1.82) is 0 Å². The molecule has 0 saturated carbocycles. The molecule has 2 aromatic heterocycles. The number of methoxy groups -OCH3 is 1. The fourth-order valence-electron chi connectivity index (χ4n) is 4.34. The maximum atomic E-state index is 14.8. The van der Waals surface area contributed by atoms with Crippen molar-refractivity contribution >= 4 is 22.8 Å². The van der Waals surface area contributed by atoms with E-state index in [1.807, 2.05) is 17.1 Å². The van der Waals surface area contributed by atoms with Crippen LogP contribution in [0.25, 0.3) is 16.7 Å². The number of rotatable bonds is 6. The first kappa shape index (κ1) is 26.5. The van der Waals surface area contributed by atoms with Gasteiger partial charge in [0.15, 0.2) is 5.65 Å². The van der Waals surface area contributed by atoms with Crippen LogP contribution in [-0.2, 0) is 4.74 Å². The predicted octanol–water partition coefficient (Wildman–Crippen LogP) is 4.35. The van der Waals surface area contributed by atoms with Crippen LogP contribution in [0.4, 0.5) is 27.8 Å². The number of nitrogens with zero attached hydrogens (tertiary/aromatic N) is 3. The average Bonchev–Trinajstić information content (AvgIpc) is 3.25. The van der Waals surface area contributed by atoms with Crippen molar-refractivity contribution in [3.8, 4) is 5.69 Å². The highest BCUT2D eigenvalue weighted by Crippen LogP contribution is 2.30. The number of anilines is 1. The summed E-state index contributed by atoms with van der Waals surface area (Å²) < 4.78 is 74.8. The number of pyridine rings is 2. The van der Waals surface area contributed by atoms with Gasteiger partial charge < -0.3 is 15.0 Å². The molecule has 0 bridgehead atoms. The minimum Gasteiger partial charge on any atom is -0.377 e. The summed E-state index contributed by atoms with van der Waals surface area (Å²) in [5.74, 6) is -2.69. The van der Waals surface area contributed by atoms with Gasteiger partial charge in [-0.1, -0.05) is 6.92 Å². The second-order valence-corrected chi connectivity index (χ2v) is 9.18. The lowest BCUT2D eigenvalue weighted by atomic mass is 10.1. The molecular weight excluding hydrogens is 499 g/mol. The molecule has 1 N–H and O–H groups in total. The minimum atomic E-state index is -4.73. The molecule has 198 valence electrons. The molecule has 1 fully saturated rings. The summed E-state index contributed by atoms with van der Waals surface area (Å²) in [5.41, 5.74) is -2.21. The van der Waals surface area contributed by atoms with Gasteiger partial charge in [0.1, 0.15) is 29.1 Å². The van der Waals surface area contributed by atoms with Crippen LogP contribution < -0.4 is 15.6 Å². The normalized spacial score (nSPS) is 18.9. The Morgan fingerprint density at radius 1 is 1.24 bits per heavy atom. The molecule has 1 amide bonds. The summed E-state index contributed by atoms with van der Waals surface area (Å²) in [7, 11) is 1.60. The molecule has 1 aliphatic rings. The van der Waals surface area contributed by atoms with Crippen LogP contribution in [0.15, 0.2) is 41.3 Å². The predicted molar refractivity (Wildman–Crippen MR) is 127 cm³/mol. The van der Waals surface area contributed by atoms with Gasteiger partial charge in [0.05, 0.1) is 16.7 Å². The van der Waals surface area contributed by atoms with Crippen LogP contribution >= 0.6 is 0 Å². The van der Waals surface area contributed by atoms with E-state index in [1.165, 1.54) is 13.0 Å². The molecule has 3 heterocycles. The van der Waals surface area contributed by atoms with Crippen molar-refractivity contribution in [2.45, 2.75) is 44.5 Å². The molecule has 37 heavy (non-hydrogen) atoms. The van der Waals surface area contributed by atoms with Gasteiger partial charge in [-0.2, -0.15) is 13.2 Å². The molecule has 12 heteroatoms. The Kier molecular flexibility index (Phi) is 6.97. The van der Waals surface area contributed by atoms with E-state index < -0.39 is 52.8 Å². The summed E-state index contributed by atoms with van der Waals surface area (Å²) in [5, 5.41) is 1.71. The van der Waals surface area contributed by atoms with Gasteiger partial charge in [-0.3, -0.25) is 14.2 Å². The standard InChI is InChI=1S/C25H25F5N4O3/c1-4-19(25(28,29)30)31-23(36)16-12-34(18-7-5-14(26)11-17(18)27)22-15(21(16)35)6-8-20(32-22)33-10-9-24(2,13-33)37-3/h5-8,11-12,19H,4,9-10,13H2,1-3H3,(H,31,36). The van der Waals surface area contributed by atoms with Gasteiger partial charge in [0, 0.05) is 32.5 Å². The summed E-state index contributed by atoms with van der Waals surface area (Å²) in [6.07, 6.45) is -3.55. The lowest BCUT2D eigenvalue weighted by Gasteiger charge is -2.24. The number of carbonyl (C=O) groups is 1. The molecule has 2 atom stereocenters. The van der Waals surface area contributed by atoms with Crippen LogP contribution in [0, 0.1) is 11.6 Å². The molecule has 1 aliphatic heterocycles. The van der Waals surface area contributed by atoms with Gasteiger partial charge in [-0.05, 0) is 44.0 Å². The minimum absolute atomic E-state index is 0.0431. The SMILES string of the molecule is CCC(NC(=O)c1cn(-c2ccc(F)cc2F)c2nc(N3CCC(C)(OC)C3)ccc2c1=O)C(F)(F)F. The quantitative estimate of drug-likeness (QED) is 0.486. The van der Waals surface area contributed by atoms with E-state index in [0.717, 1.165) is 22.9 Å². The molecular formula is C25H25F5N4O3. The summed E-state index contributed by atoms with van der Waals surface area (Å²) in [6.45, 7) is 4.26. The Balaban J connectivity index is 1.89. The van der Waals surface area contributed by atoms with E-state index in [2.05, 4.69) is 4.98 Å². The maximum absolute atomic E-state index is 14.8. The highest BCUT2D eigenvalue weighted by molar-refractivity contribution is 5.97. The number of halogens is 5. The first-order chi connectivity index (χ1) is 17.4. The van der Waals surface area contributed by atoms with Crippen LogP contribution in [0.5, 0.6) is 0 Å². The topological polar surface area (TPSA) is 76.5 Å². The van der Waals surface area contributed by atoms with Gasteiger partial charge in [-0.25, -0.2) is 13.8 Å². The number of aromatic nitrogens is 2. The molecule has 1 saturated heterocycles. The van der Waals surface area contributed by atoms with Crippen LogP contribution in [0.2, 0.25) is 0 Å². The number of hydrogen-bond donors (Lipinski definition) is 1. The fraction of sp³-hybridized carbons (Fsp3) is 0.400. The molecule has 4 rings (SSSR count). The van der Waals surface area contributed by atoms with Crippen LogP contribution in [0.3, 0.4) is 0 Å². The molecule has 1 aromatic carbocycles. The van der Waals surface area contributed by atoms with Crippen molar-refractivity contribution < 1.29 is 31.5 Å². The van der Waals surface area contributed by atoms with Crippen molar-refractivity contribution in [3.63, 3.8) is 0 Å². The third-order valence-electron chi connectivity index (χ3n) is 6.61. The van der Waals surface area contributed by atoms with Gasteiger partial charge in [0.2, 0.25) is 5.43 Å². The first-order valence-electron chi connectivity index (χ1n) is 11.6. The average molecular weight is 524 g/mol. The van der Waals surface area contributed by atoms with Crippen LogP contribution in [-0.4, -0.2) is 53.5 Å². The monoisotopic (exact) mass is 524 g/mol. The van der Waals surface area contributed by atoms with E-state index in [4.69, 9.17) is 4.74 Å². The second-order valence-electron chi connectivity index (χ2n) is 9.18. The number of amides is 1. The number of alkyl halides is 3. The van der Waals surface area contributed by atoms with Crippen molar-refractivity contribution in [3.05, 3.63) is 63.9 Å². The first-order valence-corrected chi connectivity index (χ1v) is 11.6. The van der Waals surface area contributed by atoms with Gasteiger partial charge in [-0.15, -0.1) is 0 Å². The fourth-order valence-corrected chi connectivity index (χ4v) is 4.34. The van der Waals surface area contributed by atoms with Crippen LogP contribution in [0.1, 0.15) is 37.0 Å². The van der Waals surface area contributed by atoms with E-state index in [9.17, 15) is 31.5 Å². The Bertz CT molecular complexity index is 1410. The highest BCUT2D eigenvalue weighted by Gasteiger charge is 2.40. The van der Waals surface area contributed by atoms with E-state index in [0.29, 0.717) is 31.4 Å². The summed E-state index contributed by atoms with van der Waals surface area (Å²) in [4.78, 5) is 32.5. The van der Waals surface area contributed by atoms with Gasteiger partial charge in [0.25, 0.3) is 5.91 Å². The third-order valence-corrected chi connectivity index (χ3v) is 6.61. The number of nitrogens with one attached hydrogen (secondary N) is 1. The number of hydrogen-bond acceptors (Lipinski definition) is 5. The highest BCUT2D eigenvalue weighted by atomic mass is 19.4. The smallest absolute Gasteiger partial charge is 0.377 e. The molecule has 3 aromatic rings. The molecule has 0 spiro atoms. The number of carbonyl (C=O) groups excluding carboxylic acids is 1. The molecule has 2 unspecified atom stereocenters. The Morgan fingerprint density at radius 3 is 2.57 bits per heavy atom. The van der Waals surface area contributed by atoms with E-state index in [-0.39, 0.29) is 16.7 Å². The Hall–Kier alpha value is -3.54. The number of ether oxygens (including phenoxy) is 1. The third kappa shape index (κ3) is 5.15. The number of fused-ring (bicyclic) bond motifs is 1. The lowest BCUT2D eigenvalue weighted by Crippen LogP contribution is -2.46. The Morgan fingerprint density at radius 2 is 1.97 bits per heavy atom. The van der Waals surface area contributed by atoms with Crippen molar-refractivity contribution in [2.24, 2.45) is 0 Å². The number of benzene rings is 1. The van der Waals surface area contributed by atoms with E-state index >= 15 is 0 Å². The molecule has 7 nitrogen and oxygen atoms in total. The maximum Gasteiger partial charge on any atom is 0.408 e. The van der Waals surface area contributed by atoms with Gasteiger partial charge >= 0.3 is 6.18 Å².